The average molecular weight is 435 g/mol. The maximum atomic E-state index is 13.0. The van der Waals surface area contributed by atoms with Gasteiger partial charge in [-0.15, -0.1) is 11.3 Å². The van der Waals surface area contributed by atoms with Crippen molar-refractivity contribution in [2.75, 3.05) is 12.4 Å². The van der Waals surface area contributed by atoms with Gasteiger partial charge in [0, 0.05) is 10.4 Å². The Kier molecular flexibility index (Phi) is 6.92. The normalized spacial score (nSPS) is 11.7. The van der Waals surface area contributed by atoms with Gasteiger partial charge >= 0.3 is 0 Å². The quantitative estimate of drug-likeness (QED) is 0.506. The maximum absolute atomic E-state index is 13.0. The predicted octanol–water partition coefficient (Wildman–Crippen LogP) is 5.46. The molecule has 0 radical (unpaired) electrons. The molecule has 5 nitrogen and oxygen atoms in total. The highest BCUT2D eigenvalue weighted by molar-refractivity contribution is 7.10. The lowest BCUT2D eigenvalue weighted by atomic mass is 9.87. The van der Waals surface area contributed by atoms with Crippen LogP contribution in [0.3, 0.4) is 0 Å². The zero-order valence-corrected chi connectivity index (χ0v) is 18.9. The molecule has 0 atom stereocenters. The highest BCUT2D eigenvalue weighted by Gasteiger charge is 2.18. The molecule has 31 heavy (non-hydrogen) atoms. The third-order valence-corrected chi connectivity index (χ3v) is 5.51. The van der Waals surface area contributed by atoms with Crippen LogP contribution in [0.2, 0.25) is 0 Å². The molecule has 0 bridgehead atoms. The van der Waals surface area contributed by atoms with E-state index in [9.17, 15) is 9.59 Å². The van der Waals surface area contributed by atoms with Crippen molar-refractivity contribution in [2.45, 2.75) is 26.2 Å². The monoisotopic (exact) mass is 434 g/mol. The molecule has 0 saturated heterocycles. The van der Waals surface area contributed by atoms with Crippen LogP contribution in [0.15, 0.2) is 71.7 Å². The number of carbonyl (C=O) groups is 2. The van der Waals surface area contributed by atoms with Gasteiger partial charge in [0.2, 0.25) is 0 Å². The summed E-state index contributed by atoms with van der Waals surface area (Å²) in [6, 6.07) is 18.3. The fourth-order valence-corrected chi connectivity index (χ4v) is 3.58. The van der Waals surface area contributed by atoms with Crippen LogP contribution in [0.1, 0.15) is 41.6 Å². The molecule has 0 aliphatic carbocycles. The van der Waals surface area contributed by atoms with E-state index in [0.717, 1.165) is 10.4 Å². The summed E-state index contributed by atoms with van der Waals surface area (Å²) in [4.78, 5) is 26.7. The van der Waals surface area contributed by atoms with Crippen LogP contribution in [0, 0.1) is 0 Å². The number of anilines is 1. The number of carbonyl (C=O) groups excluding carboxylic acids is 2. The fourth-order valence-electron chi connectivity index (χ4n) is 2.93. The number of rotatable bonds is 6. The summed E-state index contributed by atoms with van der Waals surface area (Å²) in [5.41, 5.74) is 2.28. The Morgan fingerprint density at radius 3 is 2.29 bits per heavy atom. The van der Waals surface area contributed by atoms with Gasteiger partial charge in [-0.1, -0.05) is 51.1 Å². The van der Waals surface area contributed by atoms with Crippen LogP contribution in [-0.2, 0) is 10.2 Å². The second-order valence-electron chi connectivity index (χ2n) is 8.01. The van der Waals surface area contributed by atoms with Crippen LogP contribution in [0.25, 0.3) is 6.08 Å². The van der Waals surface area contributed by atoms with E-state index in [1.54, 1.807) is 36.4 Å². The lowest BCUT2D eigenvalue weighted by molar-refractivity contribution is -0.113. The first-order chi connectivity index (χ1) is 14.8. The van der Waals surface area contributed by atoms with Gasteiger partial charge in [-0.2, -0.15) is 0 Å². The van der Waals surface area contributed by atoms with E-state index in [0.29, 0.717) is 17.0 Å². The van der Waals surface area contributed by atoms with E-state index in [-0.39, 0.29) is 17.0 Å². The minimum absolute atomic E-state index is 0.00609. The molecule has 2 aromatic carbocycles. The summed E-state index contributed by atoms with van der Waals surface area (Å²) in [5.74, 6) is -0.244. The summed E-state index contributed by atoms with van der Waals surface area (Å²) in [6.07, 6.45) is 1.66. The molecule has 3 rings (SSSR count). The van der Waals surface area contributed by atoms with Crippen LogP contribution < -0.4 is 15.4 Å². The average Bonchev–Trinajstić information content (AvgIpc) is 3.26. The number of methoxy groups -OCH3 is 1. The molecule has 1 aromatic heterocycles. The minimum atomic E-state index is -0.433. The molecule has 0 unspecified atom stereocenters. The highest BCUT2D eigenvalue weighted by Crippen LogP contribution is 2.24. The zero-order chi connectivity index (χ0) is 22.4. The number of benzene rings is 2. The second-order valence-corrected chi connectivity index (χ2v) is 8.99. The van der Waals surface area contributed by atoms with Gasteiger partial charge < -0.3 is 15.4 Å². The summed E-state index contributed by atoms with van der Waals surface area (Å²) < 4.78 is 5.30. The van der Waals surface area contributed by atoms with Crippen molar-refractivity contribution in [1.29, 1.82) is 0 Å². The lowest BCUT2D eigenvalue weighted by Crippen LogP contribution is -2.30. The van der Waals surface area contributed by atoms with Gasteiger partial charge in [0.1, 0.15) is 11.4 Å². The van der Waals surface area contributed by atoms with Crippen molar-refractivity contribution in [3.8, 4) is 5.75 Å². The van der Waals surface area contributed by atoms with Crippen molar-refractivity contribution < 1.29 is 14.3 Å². The van der Waals surface area contributed by atoms with Gasteiger partial charge in [0.25, 0.3) is 11.8 Å². The molecular weight excluding hydrogens is 408 g/mol. The molecule has 0 aliphatic heterocycles. The number of ether oxygens (including phenoxy) is 1. The van der Waals surface area contributed by atoms with E-state index in [1.807, 2.05) is 35.7 Å². The molecule has 0 aliphatic rings. The number of nitrogens with one attached hydrogen (secondary N) is 2. The van der Waals surface area contributed by atoms with Crippen LogP contribution in [0.5, 0.6) is 5.75 Å². The Labute approximate surface area is 186 Å². The Bertz CT molecular complexity index is 1080. The number of thiophene rings is 1. The third kappa shape index (κ3) is 5.83. The number of amides is 2. The van der Waals surface area contributed by atoms with Crippen molar-refractivity contribution in [3.05, 3.63) is 87.7 Å². The van der Waals surface area contributed by atoms with E-state index in [1.165, 1.54) is 18.4 Å². The van der Waals surface area contributed by atoms with Crippen molar-refractivity contribution in [2.24, 2.45) is 0 Å². The third-order valence-electron chi connectivity index (χ3n) is 4.69. The number of hydrogen-bond donors (Lipinski definition) is 2. The number of para-hydroxylation sites is 2. The largest absolute Gasteiger partial charge is 0.495 e. The molecule has 0 saturated carbocycles. The van der Waals surface area contributed by atoms with E-state index in [2.05, 4.69) is 31.4 Å². The Morgan fingerprint density at radius 1 is 0.968 bits per heavy atom. The molecule has 2 N–H and O–H groups in total. The van der Waals surface area contributed by atoms with Gasteiger partial charge in [0.05, 0.1) is 12.8 Å². The SMILES string of the molecule is COc1ccccc1NC(=O)/C(=C/c1cccs1)NC(=O)c1ccc(C(C)(C)C)cc1. The first-order valence-corrected chi connectivity index (χ1v) is 10.8. The molecule has 2 amide bonds. The summed E-state index contributed by atoms with van der Waals surface area (Å²) >= 11 is 1.48. The van der Waals surface area contributed by atoms with Crippen LogP contribution in [-0.4, -0.2) is 18.9 Å². The molecule has 0 spiro atoms. The number of hydrogen-bond acceptors (Lipinski definition) is 4. The minimum Gasteiger partial charge on any atom is -0.495 e. The summed E-state index contributed by atoms with van der Waals surface area (Å²) in [6.45, 7) is 6.35. The van der Waals surface area contributed by atoms with Gasteiger partial charge in [-0.05, 0) is 52.8 Å². The molecule has 160 valence electrons. The Balaban J connectivity index is 1.84. The lowest BCUT2D eigenvalue weighted by Gasteiger charge is -2.19. The predicted molar refractivity (Wildman–Crippen MR) is 127 cm³/mol. The van der Waals surface area contributed by atoms with Crippen molar-refractivity contribution in [3.63, 3.8) is 0 Å². The standard InChI is InChI=1S/C25H26N2O3S/c1-25(2,3)18-13-11-17(12-14-18)23(28)27-21(16-19-8-7-15-31-19)24(29)26-20-9-5-6-10-22(20)30-4/h5-16H,1-4H3,(H,26,29)(H,27,28)/b21-16-. The Morgan fingerprint density at radius 2 is 1.68 bits per heavy atom. The summed E-state index contributed by atoms with van der Waals surface area (Å²) in [5, 5.41) is 7.49. The maximum Gasteiger partial charge on any atom is 0.272 e. The zero-order valence-electron chi connectivity index (χ0n) is 18.1. The molecular formula is C25H26N2O3S. The molecule has 0 fully saturated rings. The van der Waals surface area contributed by atoms with Gasteiger partial charge in [-0.25, -0.2) is 0 Å². The first-order valence-electron chi connectivity index (χ1n) is 9.89. The van der Waals surface area contributed by atoms with Gasteiger partial charge in [-0.3, -0.25) is 9.59 Å². The van der Waals surface area contributed by atoms with Crippen molar-refractivity contribution >= 4 is 34.9 Å². The van der Waals surface area contributed by atoms with E-state index < -0.39 is 5.91 Å². The molecule has 1 heterocycles. The van der Waals surface area contributed by atoms with E-state index in [4.69, 9.17) is 4.74 Å². The highest BCUT2D eigenvalue weighted by atomic mass is 32.1. The molecule has 3 aromatic rings. The summed E-state index contributed by atoms with van der Waals surface area (Å²) in [7, 11) is 1.54. The van der Waals surface area contributed by atoms with Crippen LogP contribution in [0.4, 0.5) is 5.69 Å². The first kappa shape index (κ1) is 22.3. The Hall–Kier alpha value is -3.38. The fraction of sp³-hybridized carbons (Fsp3) is 0.200. The second kappa shape index (κ2) is 9.62. The smallest absolute Gasteiger partial charge is 0.272 e. The molecule has 6 heteroatoms. The van der Waals surface area contributed by atoms with Gasteiger partial charge in [0.15, 0.2) is 0 Å². The van der Waals surface area contributed by atoms with E-state index >= 15 is 0 Å². The van der Waals surface area contributed by atoms with Crippen molar-refractivity contribution in [1.82, 2.24) is 5.32 Å². The topological polar surface area (TPSA) is 67.4 Å². The van der Waals surface area contributed by atoms with Crippen LogP contribution >= 0.6 is 11.3 Å².